The van der Waals surface area contributed by atoms with Crippen LogP contribution >= 0.6 is 0 Å². The molecule has 0 spiro atoms. The number of rotatable bonds is 7. The van der Waals surface area contributed by atoms with E-state index < -0.39 is 0 Å². The Morgan fingerprint density at radius 3 is 2.26 bits per heavy atom. The first-order valence-electron chi connectivity index (χ1n) is 7.40. The van der Waals surface area contributed by atoms with Crippen LogP contribution in [0.4, 0.5) is 0 Å². The third-order valence-corrected chi connectivity index (χ3v) is 3.68. The number of benzene rings is 1. The average Bonchev–Trinajstić information content (AvgIpc) is 3.18. The summed E-state index contributed by atoms with van der Waals surface area (Å²) in [6.07, 6.45) is 1.57. The van der Waals surface area contributed by atoms with Gasteiger partial charge >= 0.3 is 0 Å². The van der Waals surface area contributed by atoms with Gasteiger partial charge in [0.2, 0.25) is 0 Å². The van der Waals surface area contributed by atoms with Crippen molar-refractivity contribution in [3.05, 3.63) is 29.8 Å². The predicted octanol–water partition coefficient (Wildman–Crippen LogP) is 4.25. The van der Waals surface area contributed by atoms with E-state index in [0.29, 0.717) is 24.5 Å². The molecule has 1 saturated heterocycles. The Morgan fingerprint density at radius 1 is 1.16 bits per heavy atom. The standard InChI is InChI=1S/C17H26O2/c1-12(2)9-17(13(3)4)14-5-7-15(8-6-14)18-10-16-11-19-16/h5-8,12-13,16-17H,9-11H2,1-4H3. The van der Waals surface area contributed by atoms with Crippen molar-refractivity contribution in [3.63, 3.8) is 0 Å². The maximum absolute atomic E-state index is 5.68. The fraction of sp³-hybridized carbons (Fsp3) is 0.647. The molecule has 0 saturated carbocycles. The first-order chi connectivity index (χ1) is 9.06. The summed E-state index contributed by atoms with van der Waals surface area (Å²) in [4.78, 5) is 0. The van der Waals surface area contributed by atoms with Crippen molar-refractivity contribution >= 4 is 0 Å². The van der Waals surface area contributed by atoms with E-state index in [9.17, 15) is 0 Å². The molecule has 1 heterocycles. The van der Waals surface area contributed by atoms with E-state index in [4.69, 9.17) is 9.47 Å². The second-order valence-electron chi connectivity index (χ2n) is 6.32. The summed E-state index contributed by atoms with van der Waals surface area (Å²) < 4.78 is 10.8. The first kappa shape index (κ1) is 14.4. The zero-order chi connectivity index (χ0) is 13.8. The van der Waals surface area contributed by atoms with Crippen LogP contribution in [0.3, 0.4) is 0 Å². The third-order valence-electron chi connectivity index (χ3n) is 3.68. The quantitative estimate of drug-likeness (QED) is 0.685. The molecule has 1 aliphatic heterocycles. The van der Waals surface area contributed by atoms with Gasteiger partial charge in [-0.05, 0) is 41.9 Å². The zero-order valence-corrected chi connectivity index (χ0v) is 12.6. The molecule has 1 aromatic carbocycles. The molecule has 2 unspecified atom stereocenters. The number of ether oxygens (including phenoxy) is 2. The molecule has 1 fully saturated rings. The van der Waals surface area contributed by atoms with Crippen LogP contribution in [0.1, 0.15) is 45.6 Å². The molecule has 1 aliphatic rings. The van der Waals surface area contributed by atoms with Gasteiger partial charge in [-0.2, -0.15) is 0 Å². The minimum atomic E-state index is 0.323. The van der Waals surface area contributed by atoms with Crippen molar-refractivity contribution in [1.29, 1.82) is 0 Å². The Balaban J connectivity index is 1.97. The smallest absolute Gasteiger partial charge is 0.119 e. The van der Waals surface area contributed by atoms with Crippen molar-refractivity contribution in [3.8, 4) is 5.75 Å². The van der Waals surface area contributed by atoms with Gasteiger partial charge in [0, 0.05) is 0 Å². The van der Waals surface area contributed by atoms with Crippen LogP contribution in [-0.2, 0) is 4.74 Å². The highest BCUT2D eigenvalue weighted by molar-refractivity contribution is 5.29. The summed E-state index contributed by atoms with van der Waals surface area (Å²) in [5, 5.41) is 0. The molecule has 2 atom stereocenters. The van der Waals surface area contributed by atoms with Gasteiger partial charge in [-0.3, -0.25) is 0 Å². The number of hydrogen-bond acceptors (Lipinski definition) is 2. The van der Waals surface area contributed by atoms with Gasteiger partial charge < -0.3 is 9.47 Å². The van der Waals surface area contributed by atoms with E-state index in [0.717, 1.165) is 18.3 Å². The Morgan fingerprint density at radius 2 is 1.79 bits per heavy atom. The van der Waals surface area contributed by atoms with E-state index in [1.165, 1.54) is 12.0 Å². The molecule has 0 bridgehead atoms. The highest BCUT2D eigenvalue weighted by Gasteiger charge is 2.23. The minimum absolute atomic E-state index is 0.323. The van der Waals surface area contributed by atoms with Gasteiger partial charge in [0.15, 0.2) is 0 Å². The average molecular weight is 262 g/mol. The van der Waals surface area contributed by atoms with Crippen molar-refractivity contribution < 1.29 is 9.47 Å². The Kier molecular flexibility index (Phi) is 4.87. The zero-order valence-electron chi connectivity index (χ0n) is 12.6. The molecular formula is C17H26O2. The molecule has 19 heavy (non-hydrogen) atoms. The molecule has 0 aromatic heterocycles. The lowest BCUT2D eigenvalue weighted by atomic mass is 9.82. The SMILES string of the molecule is CC(C)CC(c1ccc(OCC2CO2)cc1)C(C)C. The molecule has 0 aliphatic carbocycles. The normalized spacial score (nSPS) is 19.8. The van der Waals surface area contributed by atoms with Gasteiger partial charge in [0.25, 0.3) is 0 Å². The largest absolute Gasteiger partial charge is 0.491 e. The minimum Gasteiger partial charge on any atom is -0.491 e. The van der Waals surface area contributed by atoms with Gasteiger partial charge in [-0.15, -0.1) is 0 Å². The second kappa shape index (κ2) is 6.42. The van der Waals surface area contributed by atoms with Crippen LogP contribution in [0.15, 0.2) is 24.3 Å². The Bertz CT molecular complexity index is 377. The molecule has 2 nitrogen and oxygen atoms in total. The van der Waals surface area contributed by atoms with Crippen LogP contribution in [0.2, 0.25) is 0 Å². The fourth-order valence-electron chi connectivity index (χ4n) is 2.47. The lowest BCUT2D eigenvalue weighted by Crippen LogP contribution is -2.10. The summed E-state index contributed by atoms with van der Waals surface area (Å²) in [7, 11) is 0. The lowest BCUT2D eigenvalue weighted by Gasteiger charge is -2.23. The molecule has 0 radical (unpaired) electrons. The van der Waals surface area contributed by atoms with E-state index in [-0.39, 0.29) is 0 Å². The van der Waals surface area contributed by atoms with Crippen molar-refractivity contribution in [2.24, 2.45) is 11.8 Å². The van der Waals surface area contributed by atoms with Crippen molar-refractivity contribution in [1.82, 2.24) is 0 Å². The van der Waals surface area contributed by atoms with Gasteiger partial charge in [0.05, 0.1) is 6.61 Å². The summed E-state index contributed by atoms with van der Waals surface area (Å²) in [5.74, 6) is 3.00. The monoisotopic (exact) mass is 262 g/mol. The Labute approximate surface area is 117 Å². The topological polar surface area (TPSA) is 21.8 Å². The van der Waals surface area contributed by atoms with Crippen molar-refractivity contribution in [2.45, 2.75) is 46.1 Å². The maximum Gasteiger partial charge on any atom is 0.119 e. The number of hydrogen-bond donors (Lipinski definition) is 0. The van der Waals surface area contributed by atoms with Gasteiger partial charge in [0.1, 0.15) is 18.5 Å². The summed E-state index contributed by atoms with van der Waals surface area (Å²) in [6, 6.07) is 8.62. The summed E-state index contributed by atoms with van der Waals surface area (Å²) in [5.41, 5.74) is 1.43. The molecular weight excluding hydrogens is 236 g/mol. The van der Waals surface area contributed by atoms with Gasteiger partial charge in [-0.1, -0.05) is 39.8 Å². The van der Waals surface area contributed by atoms with E-state index in [2.05, 4.69) is 52.0 Å². The molecule has 2 heteroatoms. The predicted molar refractivity (Wildman–Crippen MR) is 78.7 cm³/mol. The van der Waals surface area contributed by atoms with E-state index in [1.54, 1.807) is 0 Å². The Hall–Kier alpha value is -1.02. The molecule has 106 valence electrons. The van der Waals surface area contributed by atoms with E-state index >= 15 is 0 Å². The van der Waals surface area contributed by atoms with E-state index in [1.807, 2.05) is 0 Å². The molecule has 0 N–H and O–H groups in total. The first-order valence-corrected chi connectivity index (χ1v) is 7.40. The van der Waals surface area contributed by atoms with Crippen LogP contribution in [0.5, 0.6) is 5.75 Å². The second-order valence-corrected chi connectivity index (χ2v) is 6.32. The van der Waals surface area contributed by atoms with Crippen LogP contribution in [0, 0.1) is 11.8 Å². The fourth-order valence-corrected chi connectivity index (χ4v) is 2.47. The van der Waals surface area contributed by atoms with Crippen LogP contribution < -0.4 is 4.74 Å². The summed E-state index contributed by atoms with van der Waals surface area (Å²) in [6.45, 7) is 10.7. The molecule has 1 aromatic rings. The maximum atomic E-state index is 5.68. The van der Waals surface area contributed by atoms with Crippen LogP contribution in [0.25, 0.3) is 0 Å². The van der Waals surface area contributed by atoms with Crippen molar-refractivity contribution in [2.75, 3.05) is 13.2 Å². The lowest BCUT2D eigenvalue weighted by molar-refractivity contribution is 0.263. The van der Waals surface area contributed by atoms with Crippen LogP contribution in [-0.4, -0.2) is 19.3 Å². The highest BCUT2D eigenvalue weighted by Crippen LogP contribution is 2.32. The third kappa shape index (κ3) is 4.54. The highest BCUT2D eigenvalue weighted by atomic mass is 16.6. The number of epoxide rings is 1. The molecule has 0 amide bonds. The van der Waals surface area contributed by atoms with Gasteiger partial charge in [-0.25, -0.2) is 0 Å². The molecule has 2 rings (SSSR count). The summed E-state index contributed by atoms with van der Waals surface area (Å²) >= 11 is 0.